The van der Waals surface area contributed by atoms with Crippen LogP contribution in [0, 0.1) is 23.2 Å². The van der Waals surface area contributed by atoms with E-state index in [-0.39, 0.29) is 12.1 Å². The van der Waals surface area contributed by atoms with Crippen molar-refractivity contribution in [2.45, 2.75) is 43.8 Å². The van der Waals surface area contributed by atoms with Crippen molar-refractivity contribution in [1.82, 2.24) is 0 Å². The van der Waals surface area contributed by atoms with Gasteiger partial charge in [0.25, 0.3) is 0 Å². The number of carbonyl (C=O) groups is 2. The molecule has 0 saturated carbocycles. The molecule has 1 amide bonds. The number of nitrogens with one attached hydrogen (secondary N) is 1. The van der Waals surface area contributed by atoms with Crippen molar-refractivity contribution < 1.29 is 37.7 Å². The zero-order chi connectivity index (χ0) is 21.1. The fourth-order valence-electron chi connectivity index (χ4n) is 4.33. The quantitative estimate of drug-likeness (QED) is 0.718. The summed E-state index contributed by atoms with van der Waals surface area (Å²) in [5.41, 5.74) is -4.82. The molecular formula is C18H17F3N2O5. The van der Waals surface area contributed by atoms with E-state index in [1.165, 1.54) is 19.9 Å². The van der Waals surface area contributed by atoms with Gasteiger partial charge >= 0.3 is 12.1 Å². The second-order valence-corrected chi connectivity index (χ2v) is 7.47. The smallest absolute Gasteiger partial charge is 0.417 e. The Bertz CT molecular complexity index is 896. The van der Waals surface area contributed by atoms with Crippen molar-refractivity contribution in [3.05, 3.63) is 29.3 Å². The highest BCUT2D eigenvalue weighted by atomic mass is 19.4. The second-order valence-electron chi connectivity index (χ2n) is 7.47. The number of fused-ring (bicyclic) bond motifs is 2. The van der Waals surface area contributed by atoms with Crippen molar-refractivity contribution in [1.29, 1.82) is 5.26 Å². The van der Waals surface area contributed by atoms with E-state index in [0.29, 0.717) is 6.07 Å². The number of carboxylic acid groups (broad SMARTS) is 1. The Kier molecular flexibility index (Phi) is 4.44. The number of ether oxygens (including phenoxy) is 1. The number of hydrogen-bond donors (Lipinski definition) is 3. The summed E-state index contributed by atoms with van der Waals surface area (Å²) < 4.78 is 45.0. The van der Waals surface area contributed by atoms with Gasteiger partial charge < -0.3 is 20.3 Å². The van der Waals surface area contributed by atoms with Gasteiger partial charge in [0.15, 0.2) is 0 Å². The number of aliphatic hydroxyl groups is 1. The first-order valence-corrected chi connectivity index (χ1v) is 8.37. The van der Waals surface area contributed by atoms with Gasteiger partial charge in [-0.3, -0.25) is 9.59 Å². The Hall–Kier alpha value is -2.64. The second kappa shape index (κ2) is 6.18. The van der Waals surface area contributed by atoms with Gasteiger partial charge in [-0.15, -0.1) is 0 Å². The maximum atomic E-state index is 13.1. The van der Waals surface area contributed by atoms with E-state index in [4.69, 9.17) is 10.00 Å². The zero-order valence-corrected chi connectivity index (χ0v) is 14.9. The monoisotopic (exact) mass is 398 g/mol. The fraction of sp³-hybridized carbons (Fsp3) is 0.500. The molecule has 2 aliphatic rings. The number of aliphatic carboxylic acids is 1. The zero-order valence-electron chi connectivity index (χ0n) is 14.9. The predicted molar refractivity (Wildman–Crippen MR) is 87.9 cm³/mol. The van der Waals surface area contributed by atoms with Crippen molar-refractivity contribution in [2.75, 3.05) is 5.32 Å². The molecule has 7 nitrogen and oxygen atoms in total. The molecule has 0 aromatic heterocycles. The molecule has 2 fully saturated rings. The first kappa shape index (κ1) is 20.1. The Morgan fingerprint density at radius 3 is 2.50 bits per heavy atom. The standard InChI is InChI=1S/C18H17F3N2O5/c1-16-6-11(24)17(2,28-16)12(13(16)15(26)27)14(25)23-9-4-3-8(7-22)10(5-9)18(19,20)21/h3-5,11-13,24H,6H2,1-2H3,(H,23,25)(H,26,27). The van der Waals surface area contributed by atoms with E-state index >= 15 is 0 Å². The van der Waals surface area contributed by atoms with Crippen LogP contribution in [0.2, 0.25) is 0 Å². The molecule has 1 aromatic carbocycles. The summed E-state index contributed by atoms with van der Waals surface area (Å²) in [5.74, 6) is -4.77. The van der Waals surface area contributed by atoms with E-state index in [9.17, 15) is 33.0 Å². The minimum Gasteiger partial charge on any atom is -0.481 e. The number of benzene rings is 1. The molecule has 2 heterocycles. The maximum absolute atomic E-state index is 13.1. The number of nitrogens with zero attached hydrogens (tertiary/aromatic N) is 1. The van der Waals surface area contributed by atoms with E-state index in [0.717, 1.165) is 12.1 Å². The molecule has 2 bridgehead atoms. The third-order valence-electron chi connectivity index (χ3n) is 5.58. The molecule has 5 atom stereocenters. The summed E-state index contributed by atoms with van der Waals surface area (Å²) in [6, 6.07) is 4.09. The lowest BCUT2D eigenvalue weighted by Crippen LogP contribution is -2.54. The average Bonchev–Trinajstić information content (AvgIpc) is 2.95. The Morgan fingerprint density at radius 1 is 1.32 bits per heavy atom. The fourth-order valence-corrected chi connectivity index (χ4v) is 4.33. The van der Waals surface area contributed by atoms with Crippen LogP contribution in [-0.2, 0) is 20.5 Å². The number of amides is 1. The number of alkyl halides is 3. The number of anilines is 1. The van der Waals surface area contributed by atoms with Crippen LogP contribution in [-0.4, -0.2) is 39.4 Å². The molecule has 28 heavy (non-hydrogen) atoms. The van der Waals surface area contributed by atoms with Crippen LogP contribution >= 0.6 is 0 Å². The molecule has 0 aliphatic carbocycles. The van der Waals surface area contributed by atoms with Crippen LogP contribution in [0.25, 0.3) is 0 Å². The van der Waals surface area contributed by atoms with E-state index in [1.54, 1.807) is 0 Å². The number of nitriles is 1. The number of carboxylic acids is 1. The van der Waals surface area contributed by atoms with Crippen LogP contribution in [0.5, 0.6) is 0 Å². The first-order valence-electron chi connectivity index (χ1n) is 8.37. The predicted octanol–water partition coefficient (Wildman–Crippen LogP) is 2.14. The highest BCUT2D eigenvalue weighted by molar-refractivity contribution is 5.97. The summed E-state index contributed by atoms with van der Waals surface area (Å²) in [4.78, 5) is 24.6. The SMILES string of the molecule is CC12CC(O)C(C)(O1)C(C(=O)Nc1ccc(C#N)c(C(F)(F)F)c1)C2C(=O)O. The molecule has 10 heteroatoms. The number of aliphatic hydroxyl groups excluding tert-OH is 1. The molecule has 3 rings (SSSR count). The summed E-state index contributed by atoms with van der Waals surface area (Å²) in [6.07, 6.45) is -5.88. The summed E-state index contributed by atoms with van der Waals surface area (Å²) in [7, 11) is 0. The van der Waals surface area contributed by atoms with Gasteiger partial charge in [-0.1, -0.05) is 0 Å². The third kappa shape index (κ3) is 2.91. The van der Waals surface area contributed by atoms with Crippen LogP contribution in [0.1, 0.15) is 31.4 Å². The Balaban J connectivity index is 1.95. The number of rotatable bonds is 3. The number of carbonyl (C=O) groups excluding carboxylic acids is 1. The number of halogens is 3. The van der Waals surface area contributed by atoms with Gasteiger partial charge in [-0.25, -0.2) is 0 Å². The van der Waals surface area contributed by atoms with Crippen LogP contribution in [0.15, 0.2) is 18.2 Å². The minimum atomic E-state index is -4.80. The van der Waals surface area contributed by atoms with Gasteiger partial charge in [0.2, 0.25) is 5.91 Å². The molecule has 0 spiro atoms. The normalized spacial score (nSPS) is 34.1. The van der Waals surface area contributed by atoms with Crippen molar-refractivity contribution in [3.63, 3.8) is 0 Å². The number of hydrogen-bond acceptors (Lipinski definition) is 5. The van der Waals surface area contributed by atoms with Crippen molar-refractivity contribution in [2.24, 2.45) is 11.8 Å². The molecular weight excluding hydrogens is 381 g/mol. The lowest BCUT2D eigenvalue weighted by Gasteiger charge is -2.36. The Morgan fingerprint density at radius 2 is 1.96 bits per heavy atom. The minimum absolute atomic E-state index is 0.0271. The lowest BCUT2D eigenvalue weighted by atomic mass is 9.66. The first-order chi connectivity index (χ1) is 12.8. The van der Waals surface area contributed by atoms with Gasteiger partial charge in [0, 0.05) is 12.1 Å². The van der Waals surface area contributed by atoms with Gasteiger partial charge in [0.1, 0.15) is 5.60 Å². The highest BCUT2D eigenvalue weighted by Gasteiger charge is 2.71. The largest absolute Gasteiger partial charge is 0.481 e. The maximum Gasteiger partial charge on any atom is 0.417 e. The average molecular weight is 398 g/mol. The lowest BCUT2D eigenvalue weighted by molar-refractivity contribution is -0.151. The molecule has 2 aliphatic heterocycles. The molecule has 0 radical (unpaired) electrons. The molecule has 1 aromatic rings. The van der Waals surface area contributed by atoms with Crippen LogP contribution in [0.3, 0.4) is 0 Å². The molecule has 2 saturated heterocycles. The van der Waals surface area contributed by atoms with Crippen molar-refractivity contribution in [3.8, 4) is 6.07 Å². The van der Waals surface area contributed by atoms with E-state index < -0.39 is 58.3 Å². The molecule has 5 unspecified atom stereocenters. The molecule has 150 valence electrons. The highest BCUT2D eigenvalue weighted by Crippen LogP contribution is 2.57. The van der Waals surface area contributed by atoms with E-state index in [2.05, 4.69) is 5.32 Å². The van der Waals surface area contributed by atoms with Crippen molar-refractivity contribution >= 4 is 17.6 Å². The van der Waals surface area contributed by atoms with Gasteiger partial charge in [-0.2, -0.15) is 18.4 Å². The topological polar surface area (TPSA) is 120 Å². The third-order valence-corrected chi connectivity index (χ3v) is 5.58. The summed E-state index contributed by atoms with van der Waals surface area (Å²) in [6.45, 7) is 2.90. The van der Waals surface area contributed by atoms with Gasteiger partial charge in [0.05, 0.1) is 40.7 Å². The van der Waals surface area contributed by atoms with Crippen LogP contribution < -0.4 is 5.32 Å². The van der Waals surface area contributed by atoms with Gasteiger partial charge in [-0.05, 0) is 32.0 Å². The summed E-state index contributed by atoms with van der Waals surface area (Å²) >= 11 is 0. The van der Waals surface area contributed by atoms with E-state index in [1.807, 2.05) is 0 Å². The summed E-state index contributed by atoms with van der Waals surface area (Å²) in [5, 5.41) is 31.0. The van der Waals surface area contributed by atoms with Crippen LogP contribution in [0.4, 0.5) is 18.9 Å². The molecule has 3 N–H and O–H groups in total. The Labute approximate surface area is 157 Å².